The highest BCUT2D eigenvalue weighted by Gasteiger charge is 2.40. The maximum atomic E-state index is 12.8. The Hall–Kier alpha value is -1.62. The van der Waals surface area contributed by atoms with E-state index in [1.807, 2.05) is 6.08 Å². The fourth-order valence-electron chi connectivity index (χ4n) is 4.68. The van der Waals surface area contributed by atoms with Gasteiger partial charge in [-0.25, -0.2) is 9.97 Å². The molecule has 2 saturated carbocycles. The van der Waals surface area contributed by atoms with Gasteiger partial charge in [-0.1, -0.05) is 28.7 Å². The van der Waals surface area contributed by atoms with Crippen LogP contribution < -0.4 is 4.74 Å². The van der Waals surface area contributed by atoms with Crippen molar-refractivity contribution in [3.8, 4) is 16.3 Å². The molecule has 0 N–H and O–H groups in total. The molecular weight excluding hydrogens is 528 g/mol. The topological polar surface area (TPSA) is 48.2 Å². The number of benzene rings is 1. The predicted molar refractivity (Wildman–Crippen MR) is 118 cm³/mol. The number of hydrogen-bond acceptors (Lipinski definition) is 5. The van der Waals surface area contributed by atoms with Crippen LogP contribution in [0, 0.1) is 17.8 Å². The zero-order valence-electron chi connectivity index (χ0n) is 15.7. The van der Waals surface area contributed by atoms with E-state index in [2.05, 4.69) is 43.4 Å². The van der Waals surface area contributed by atoms with Crippen molar-refractivity contribution in [2.45, 2.75) is 36.0 Å². The first-order valence-electron chi connectivity index (χ1n) is 9.78. The van der Waals surface area contributed by atoms with Gasteiger partial charge in [0.25, 0.3) is 0 Å². The first kappa shape index (κ1) is 20.3. The zero-order valence-corrected chi connectivity index (χ0v) is 18.7. The van der Waals surface area contributed by atoms with Gasteiger partial charge in [-0.15, -0.1) is 24.5 Å². The van der Waals surface area contributed by atoms with Crippen molar-refractivity contribution in [1.82, 2.24) is 9.97 Å². The summed E-state index contributed by atoms with van der Waals surface area (Å²) in [5.74, 6) is 2.10. The number of aromatic nitrogens is 2. The lowest BCUT2D eigenvalue weighted by Gasteiger charge is -2.30. The summed E-state index contributed by atoms with van der Waals surface area (Å²) in [4.78, 5) is 8.61. The van der Waals surface area contributed by atoms with E-state index >= 15 is 0 Å². The van der Waals surface area contributed by atoms with Crippen molar-refractivity contribution in [1.29, 1.82) is 0 Å². The minimum absolute atomic E-state index is 0.317. The Morgan fingerprint density at radius 2 is 1.97 bits per heavy atom. The Labute approximate surface area is 188 Å². The molecule has 3 aromatic rings. The standard InChI is InChI=1S/C21H18F3IN2O2S/c22-21(23,24)29-14-9-15(20-26-5-6-30-20)19-16(10-14)27-17(28-19)4-1-11-7-12-2-3-13(8-11)18(12)25/h1,4-6,9-13,18H,2-3,7-8H2/b4-1+. The van der Waals surface area contributed by atoms with Gasteiger partial charge in [-0.3, -0.25) is 0 Å². The number of hydrogen-bond donors (Lipinski definition) is 0. The number of halogens is 4. The molecule has 2 fully saturated rings. The van der Waals surface area contributed by atoms with Gasteiger partial charge in [0.2, 0.25) is 5.89 Å². The van der Waals surface area contributed by atoms with E-state index in [0.717, 1.165) is 15.8 Å². The van der Waals surface area contributed by atoms with E-state index in [4.69, 9.17) is 4.42 Å². The molecule has 2 aromatic heterocycles. The van der Waals surface area contributed by atoms with Crippen LogP contribution in [0.15, 0.2) is 34.2 Å². The summed E-state index contributed by atoms with van der Waals surface area (Å²) in [7, 11) is 0. The number of nitrogens with zero attached hydrogens (tertiary/aromatic N) is 2. The number of ether oxygens (including phenoxy) is 1. The van der Waals surface area contributed by atoms with Crippen LogP contribution >= 0.6 is 33.9 Å². The molecule has 30 heavy (non-hydrogen) atoms. The van der Waals surface area contributed by atoms with Crippen molar-refractivity contribution < 1.29 is 22.3 Å². The smallest absolute Gasteiger partial charge is 0.436 e. The molecule has 2 bridgehead atoms. The van der Waals surface area contributed by atoms with E-state index < -0.39 is 6.36 Å². The summed E-state index contributed by atoms with van der Waals surface area (Å²) in [5.41, 5.74) is 1.17. The molecule has 0 saturated heterocycles. The number of fused-ring (bicyclic) bond motifs is 3. The molecule has 1 aromatic carbocycles. The normalized spacial score (nSPS) is 26.7. The average Bonchev–Trinajstić information content (AvgIpc) is 3.37. The Morgan fingerprint density at radius 3 is 2.63 bits per heavy atom. The number of allylic oxidation sites excluding steroid dienone is 1. The molecule has 0 radical (unpaired) electrons. The second-order valence-corrected chi connectivity index (χ2v) is 10.2. The quantitative estimate of drug-likeness (QED) is 0.259. The van der Waals surface area contributed by atoms with Crippen molar-refractivity contribution in [2.75, 3.05) is 0 Å². The van der Waals surface area contributed by atoms with E-state index in [9.17, 15) is 13.2 Å². The summed E-state index contributed by atoms with van der Waals surface area (Å²) in [6.45, 7) is 0. The molecule has 2 aliphatic carbocycles. The van der Waals surface area contributed by atoms with Crippen LogP contribution in [-0.2, 0) is 0 Å². The predicted octanol–water partition coefficient (Wildman–Crippen LogP) is 7.10. The molecule has 2 atom stereocenters. The van der Waals surface area contributed by atoms with Crippen molar-refractivity contribution in [3.63, 3.8) is 0 Å². The Morgan fingerprint density at radius 1 is 1.20 bits per heavy atom. The monoisotopic (exact) mass is 546 g/mol. The molecule has 2 unspecified atom stereocenters. The lowest BCUT2D eigenvalue weighted by Crippen LogP contribution is -2.24. The van der Waals surface area contributed by atoms with Gasteiger partial charge in [-0.05, 0) is 55.6 Å². The first-order chi connectivity index (χ1) is 14.4. The summed E-state index contributed by atoms with van der Waals surface area (Å²) < 4.78 is 49.1. The largest absolute Gasteiger partial charge is 0.573 e. The average molecular weight is 546 g/mol. The van der Waals surface area contributed by atoms with Crippen LogP contribution in [0.1, 0.15) is 31.6 Å². The molecule has 0 amide bonds. The molecule has 0 spiro atoms. The SMILES string of the molecule is FC(F)(F)Oc1cc(-c2nccs2)c2oc(/C=C/C3CC4CCC(C3)C4I)nc2c1. The maximum absolute atomic E-state index is 12.8. The van der Waals surface area contributed by atoms with Gasteiger partial charge in [0.15, 0.2) is 5.58 Å². The highest BCUT2D eigenvalue weighted by atomic mass is 127. The summed E-state index contributed by atoms with van der Waals surface area (Å²) in [6.07, 6.45) is 5.79. The molecular formula is C21H18F3IN2O2S. The van der Waals surface area contributed by atoms with Gasteiger partial charge in [0.1, 0.15) is 16.3 Å². The Bertz CT molecular complexity index is 1070. The minimum Gasteiger partial charge on any atom is -0.436 e. The van der Waals surface area contributed by atoms with E-state index in [1.165, 1.54) is 49.2 Å². The number of oxazole rings is 1. The van der Waals surface area contributed by atoms with Crippen LogP contribution in [0.3, 0.4) is 0 Å². The maximum Gasteiger partial charge on any atom is 0.573 e. The Balaban J connectivity index is 1.46. The molecule has 0 aliphatic heterocycles. The van der Waals surface area contributed by atoms with Crippen LogP contribution in [0.2, 0.25) is 0 Å². The van der Waals surface area contributed by atoms with Gasteiger partial charge < -0.3 is 9.15 Å². The lowest BCUT2D eigenvalue weighted by atomic mass is 9.81. The Kier molecular flexibility index (Phi) is 5.29. The molecule has 2 aliphatic rings. The molecule has 2 heterocycles. The number of alkyl halides is 4. The molecule has 4 nitrogen and oxygen atoms in total. The van der Waals surface area contributed by atoms with Gasteiger partial charge in [0, 0.05) is 21.6 Å². The fourth-order valence-corrected chi connectivity index (χ4v) is 6.64. The minimum atomic E-state index is -4.78. The number of thiazole rings is 1. The zero-order chi connectivity index (χ0) is 20.9. The highest BCUT2D eigenvalue weighted by Crippen LogP contribution is 2.49. The van der Waals surface area contributed by atoms with Crippen LogP contribution in [-0.4, -0.2) is 20.3 Å². The number of rotatable bonds is 4. The van der Waals surface area contributed by atoms with Crippen LogP contribution in [0.4, 0.5) is 13.2 Å². The molecule has 5 rings (SSSR count). The van der Waals surface area contributed by atoms with Gasteiger partial charge >= 0.3 is 6.36 Å². The molecule has 9 heteroatoms. The third-order valence-electron chi connectivity index (χ3n) is 5.91. The second kappa shape index (κ2) is 7.81. The van der Waals surface area contributed by atoms with Gasteiger partial charge in [0.05, 0.1) is 5.56 Å². The van der Waals surface area contributed by atoms with E-state index in [-0.39, 0.29) is 5.75 Å². The van der Waals surface area contributed by atoms with Crippen molar-refractivity contribution >= 4 is 51.1 Å². The van der Waals surface area contributed by atoms with Crippen LogP contribution in [0.25, 0.3) is 27.7 Å². The third kappa shape index (κ3) is 4.10. The first-order valence-corrected chi connectivity index (χ1v) is 11.9. The van der Waals surface area contributed by atoms with Crippen molar-refractivity contribution in [2.24, 2.45) is 17.8 Å². The van der Waals surface area contributed by atoms with Gasteiger partial charge in [-0.2, -0.15) is 0 Å². The summed E-state index contributed by atoms with van der Waals surface area (Å²) >= 11 is 3.92. The summed E-state index contributed by atoms with van der Waals surface area (Å²) in [5, 5.41) is 2.31. The summed E-state index contributed by atoms with van der Waals surface area (Å²) in [6, 6.07) is 2.55. The third-order valence-corrected chi connectivity index (χ3v) is 8.75. The highest BCUT2D eigenvalue weighted by molar-refractivity contribution is 14.1. The van der Waals surface area contributed by atoms with Crippen LogP contribution in [0.5, 0.6) is 5.75 Å². The molecule has 158 valence electrons. The van der Waals surface area contributed by atoms with E-state index in [0.29, 0.717) is 33.5 Å². The van der Waals surface area contributed by atoms with Crippen molar-refractivity contribution in [3.05, 3.63) is 35.7 Å². The fraction of sp³-hybridized carbons (Fsp3) is 0.429. The second-order valence-electron chi connectivity index (χ2n) is 7.89. The lowest BCUT2D eigenvalue weighted by molar-refractivity contribution is -0.274. The van der Waals surface area contributed by atoms with E-state index in [1.54, 1.807) is 11.6 Å².